The van der Waals surface area contributed by atoms with E-state index in [0.29, 0.717) is 29.2 Å². The van der Waals surface area contributed by atoms with Gasteiger partial charge >= 0.3 is 5.97 Å². The van der Waals surface area contributed by atoms with Gasteiger partial charge in [0.1, 0.15) is 5.75 Å². The number of nitrogens with zero attached hydrogens (tertiary/aromatic N) is 1. The number of Topliss-reactive ketones (excluding diaryl/α,β-unsaturated/α-hetero) is 1. The first kappa shape index (κ1) is 24.6. The molecule has 2 aromatic carbocycles. The molecule has 1 unspecified atom stereocenters. The summed E-state index contributed by atoms with van der Waals surface area (Å²) in [7, 11) is 0. The average molecular weight is 437 g/mol. The second-order valence-electron chi connectivity index (χ2n) is 7.31. The van der Waals surface area contributed by atoms with Crippen LogP contribution in [0.2, 0.25) is 0 Å². The summed E-state index contributed by atoms with van der Waals surface area (Å²) in [4.78, 5) is 36.5. The molecule has 1 N–H and O–H groups in total. The van der Waals surface area contributed by atoms with Crippen LogP contribution in [0, 0.1) is 11.3 Å². The molecule has 0 fully saturated rings. The van der Waals surface area contributed by atoms with Gasteiger partial charge in [-0.2, -0.15) is 5.26 Å². The number of carbonyl (C=O) groups excluding carboxylic acids is 3. The minimum absolute atomic E-state index is 0.0144. The first-order valence-corrected chi connectivity index (χ1v) is 10.7. The highest BCUT2D eigenvalue weighted by molar-refractivity contribution is 5.98. The van der Waals surface area contributed by atoms with Crippen molar-refractivity contribution in [2.75, 3.05) is 11.9 Å². The third-order valence-electron chi connectivity index (χ3n) is 4.71. The zero-order chi connectivity index (χ0) is 23.3. The molecule has 0 heterocycles. The summed E-state index contributed by atoms with van der Waals surface area (Å²) in [6.45, 7) is 4.23. The fourth-order valence-corrected chi connectivity index (χ4v) is 2.82. The van der Waals surface area contributed by atoms with Crippen molar-refractivity contribution in [2.45, 2.75) is 52.1 Å². The van der Waals surface area contributed by atoms with Crippen molar-refractivity contribution >= 4 is 23.3 Å². The van der Waals surface area contributed by atoms with Crippen LogP contribution in [0.25, 0.3) is 0 Å². The lowest BCUT2D eigenvalue weighted by atomic mass is 10.1. The highest BCUT2D eigenvalue weighted by Gasteiger charge is 2.19. The number of benzene rings is 2. The topological polar surface area (TPSA) is 105 Å². The van der Waals surface area contributed by atoms with Gasteiger partial charge in [-0.25, -0.2) is 0 Å². The highest BCUT2D eigenvalue weighted by Crippen LogP contribution is 2.15. The lowest BCUT2D eigenvalue weighted by molar-refractivity contribution is -0.153. The molecular formula is C25H28N2O5. The molecule has 32 heavy (non-hydrogen) atoms. The smallest absolute Gasteiger partial charge is 0.307 e. The number of hydrogen-bond donors (Lipinski definition) is 1. The monoisotopic (exact) mass is 436 g/mol. The fraction of sp³-hybridized carbons (Fsp3) is 0.360. The van der Waals surface area contributed by atoms with E-state index in [9.17, 15) is 14.4 Å². The van der Waals surface area contributed by atoms with Crippen molar-refractivity contribution in [3.8, 4) is 11.8 Å². The van der Waals surface area contributed by atoms with Gasteiger partial charge in [0.2, 0.25) is 0 Å². The average Bonchev–Trinajstić information content (AvgIpc) is 2.81. The Morgan fingerprint density at radius 3 is 2.31 bits per heavy atom. The molecule has 0 aromatic heterocycles. The van der Waals surface area contributed by atoms with E-state index in [2.05, 4.69) is 12.2 Å². The molecule has 0 saturated carbocycles. The third-order valence-corrected chi connectivity index (χ3v) is 4.71. The molecule has 1 atom stereocenters. The maximum atomic E-state index is 12.3. The van der Waals surface area contributed by atoms with Crippen LogP contribution in [0.1, 0.15) is 61.9 Å². The second kappa shape index (κ2) is 12.9. The van der Waals surface area contributed by atoms with Crippen molar-refractivity contribution in [1.29, 1.82) is 5.26 Å². The Hall–Kier alpha value is -3.66. The fourth-order valence-electron chi connectivity index (χ4n) is 2.82. The standard InChI is InChI=1S/C25H28N2O5/c1-3-4-5-16-31-22-12-8-20(9-13-22)23(28)14-15-24(29)32-18(2)25(30)27-21-10-6-19(17-26)7-11-21/h6-13,18H,3-5,14-16H2,1-2H3,(H,27,30). The summed E-state index contributed by atoms with van der Waals surface area (Å²) in [6, 6.07) is 15.2. The second-order valence-corrected chi connectivity index (χ2v) is 7.31. The number of amides is 1. The van der Waals surface area contributed by atoms with Crippen molar-refractivity contribution in [3.05, 3.63) is 59.7 Å². The lowest BCUT2D eigenvalue weighted by Crippen LogP contribution is -2.30. The number of nitriles is 1. The molecular weight excluding hydrogens is 408 g/mol. The van der Waals surface area contributed by atoms with Crippen molar-refractivity contribution in [1.82, 2.24) is 0 Å². The zero-order valence-electron chi connectivity index (χ0n) is 18.4. The van der Waals surface area contributed by atoms with Crippen LogP contribution in [0.5, 0.6) is 5.75 Å². The minimum atomic E-state index is -1.02. The van der Waals surface area contributed by atoms with Gasteiger partial charge in [0.25, 0.3) is 5.91 Å². The molecule has 0 radical (unpaired) electrons. The molecule has 1 amide bonds. The predicted molar refractivity (Wildman–Crippen MR) is 120 cm³/mol. The molecule has 0 aliphatic carbocycles. The van der Waals surface area contributed by atoms with E-state index in [-0.39, 0.29) is 18.6 Å². The van der Waals surface area contributed by atoms with Crippen LogP contribution >= 0.6 is 0 Å². The van der Waals surface area contributed by atoms with Gasteiger partial charge in [-0.1, -0.05) is 19.8 Å². The maximum Gasteiger partial charge on any atom is 0.307 e. The lowest BCUT2D eigenvalue weighted by Gasteiger charge is -2.13. The van der Waals surface area contributed by atoms with Gasteiger partial charge in [-0.3, -0.25) is 14.4 Å². The molecule has 0 saturated heterocycles. The Bertz CT molecular complexity index is 946. The summed E-state index contributed by atoms with van der Waals surface area (Å²) in [5.41, 5.74) is 1.46. The largest absolute Gasteiger partial charge is 0.494 e. The number of ether oxygens (including phenoxy) is 2. The van der Waals surface area contributed by atoms with Gasteiger partial charge in [0.05, 0.1) is 24.7 Å². The number of ketones is 1. The number of nitrogens with one attached hydrogen (secondary N) is 1. The molecule has 0 bridgehead atoms. The summed E-state index contributed by atoms with van der Waals surface area (Å²) in [6.07, 6.45) is 2.07. The Labute approximate surface area is 188 Å². The maximum absolute atomic E-state index is 12.3. The van der Waals surface area contributed by atoms with Gasteiger partial charge in [-0.05, 0) is 61.9 Å². The molecule has 0 aliphatic heterocycles. The molecule has 0 aliphatic rings. The molecule has 168 valence electrons. The van der Waals surface area contributed by atoms with E-state index in [0.717, 1.165) is 19.3 Å². The number of unbranched alkanes of at least 4 members (excludes halogenated alkanes) is 2. The third kappa shape index (κ3) is 8.23. The van der Waals surface area contributed by atoms with E-state index in [1.165, 1.54) is 6.92 Å². The molecule has 2 aromatic rings. The van der Waals surface area contributed by atoms with Gasteiger partial charge in [0.15, 0.2) is 11.9 Å². The van der Waals surface area contributed by atoms with Crippen LogP contribution < -0.4 is 10.1 Å². The molecule has 0 spiro atoms. The minimum Gasteiger partial charge on any atom is -0.494 e. The van der Waals surface area contributed by atoms with Crippen molar-refractivity contribution in [2.24, 2.45) is 0 Å². The molecule has 7 heteroatoms. The van der Waals surface area contributed by atoms with E-state index < -0.39 is 18.0 Å². The highest BCUT2D eigenvalue weighted by atomic mass is 16.5. The SMILES string of the molecule is CCCCCOc1ccc(C(=O)CCC(=O)OC(C)C(=O)Nc2ccc(C#N)cc2)cc1. The van der Waals surface area contributed by atoms with Gasteiger partial charge in [0, 0.05) is 17.7 Å². The van der Waals surface area contributed by atoms with Crippen LogP contribution in [-0.2, 0) is 14.3 Å². The number of hydrogen-bond acceptors (Lipinski definition) is 6. The number of anilines is 1. The van der Waals surface area contributed by atoms with Gasteiger partial charge in [-0.15, -0.1) is 0 Å². The van der Waals surface area contributed by atoms with Gasteiger partial charge < -0.3 is 14.8 Å². The Morgan fingerprint density at radius 1 is 1.00 bits per heavy atom. The molecule has 7 nitrogen and oxygen atoms in total. The van der Waals surface area contributed by atoms with Crippen LogP contribution in [0.4, 0.5) is 5.69 Å². The summed E-state index contributed by atoms with van der Waals surface area (Å²) >= 11 is 0. The molecule has 2 rings (SSSR count). The van der Waals surface area contributed by atoms with E-state index in [4.69, 9.17) is 14.7 Å². The summed E-state index contributed by atoms with van der Waals surface area (Å²) < 4.78 is 10.7. The van der Waals surface area contributed by atoms with E-state index in [1.807, 2.05) is 6.07 Å². The first-order chi connectivity index (χ1) is 15.4. The van der Waals surface area contributed by atoms with E-state index in [1.54, 1.807) is 48.5 Å². The Morgan fingerprint density at radius 2 is 1.69 bits per heavy atom. The summed E-state index contributed by atoms with van der Waals surface area (Å²) in [5.74, 6) is -0.603. The van der Waals surface area contributed by atoms with Crippen LogP contribution in [-0.4, -0.2) is 30.4 Å². The Kier molecular flexibility index (Phi) is 9.92. The van der Waals surface area contributed by atoms with Crippen molar-refractivity contribution in [3.63, 3.8) is 0 Å². The van der Waals surface area contributed by atoms with Crippen molar-refractivity contribution < 1.29 is 23.9 Å². The first-order valence-electron chi connectivity index (χ1n) is 10.7. The van der Waals surface area contributed by atoms with Crippen LogP contribution in [0.15, 0.2) is 48.5 Å². The van der Waals surface area contributed by atoms with E-state index >= 15 is 0 Å². The Balaban J connectivity index is 1.74. The quantitative estimate of drug-likeness (QED) is 0.295. The number of rotatable bonds is 12. The zero-order valence-corrected chi connectivity index (χ0v) is 18.4. The number of carbonyl (C=O) groups is 3. The predicted octanol–water partition coefficient (Wildman–Crippen LogP) is 4.66. The number of esters is 1. The van der Waals surface area contributed by atoms with Crippen LogP contribution in [0.3, 0.4) is 0 Å². The normalized spacial score (nSPS) is 11.2. The summed E-state index contributed by atoms with van der Waals surface area (Å²) in [5, 5.41) is 11.4.